The van der Waals surface area contributed by atoms with E-state index in [-0.39, 0.29) is 12.2 Å². The molecule has 0 aliphatic heterocycles. The molecule has 1 heterocycles. The molecule has 10 nitrogen and oxygen atoms in total. The van der Waals surface area contributed by atoms with E-state index in [2.05, 4.69) is 19.2 Å². The van der Waals surface area contributed by atoms with E-state index in [9.17, 15) is 14.4 Å². The van der Waals surface area contributed by atoms with Gasteiger partial charge in [-0.05, 0) is 42.5 Å². The van der Waals surface area contributed by atoms with Gasteiger partial charge in [0.05, 0.1) is 32.6 Å². The van der Waals surface area contributed by atoms with E-state index in [1.807, 2.05) is 53.2 Å². The average Bonchev–Trinajstić information content (AvgIpc) is 3.44. The number of carbonyl (C=O) groups excluding carboxylic acids is 3. The van der Waals surface area contributed by atoms with Crippen LogP contribution in [0.4, 0.5) is 0 Å². The largest absolute Gasteiger partial charge is 0.496 e. The lowest BCUT2D eigenvalue weighted by molar-refractivity contribution is -0.146. The predicted octanol–water partition coefficient (Wildman–Crippen LogP) is 4.37. The van der Waals surface area contributed by atoms with Crippen molar-refractivity contribution in [2.45, 2.75) is 52.1 Å². The van der Waals surface area contributed by atoms with Crippen LogP contribution in [0.15, 0.2) is 54.6 Å². The summed E-state index contributed by atoms with van der Waals surface area (Å²) in [6.07, 6.45) is 2.78. The highest BCUT2D eigenvalue weighted by atomic mass is 16.5. The van der Waals surface area contributed by atoms with Crippen molar-refractivity contribution in [2.24, 2.45) is 5.92 Å². The SMILES string of the molecule is CCC(CC)Cn1nc(C(=O)N[C@@H](CCc2ccccc2)C(=O)N(C)CC(=O)OC)cc1-c1c(OC)cccc1OC. The summed E-state index contributed by atoms with van der Waals surface area (Å²) in [4.78, 5) is 40.2. The molecule has 0 saturated carbocycles. The Labute approximate surface area is 247 Å². The fourth-order valence-electron chi connectivity index (χ4n) is 4.81. The van der Waals surface area contributed by atoms with Gasteiger partial charge in [-0.1, -0.05) is 63.1 Å². The van der Waals surface area contributed by atoms with Gasteiger partial charge in [-0.2, -0.15) is 5.10 Å². The van der Waals surface area contributed by atoms with Gasteiger partial charge in [0.25, 0.3) is 5.91 Å². The average molecular weight is 579 g/mol. The Bertz CT molecular complexity index is 1310. The third kappa shape index (κ3) is 8.11. The number of esters is 1. The first-order valence-corrected chi connectivity index (χ1v) is 14.2. The van der Waals surface area contributed by atoms with Gasteiger partial charge >= 0.3 is 5.97 Å². The zero-order valence-electron chi connectivity index (χ0n) is 25.4. The molecule has 0 saturated heterocycles. The number of carbonyl (C=O) groups is 3. The highest BCUT2D eigenvalue weighted by Crippen LogP contribution is 2.39. The fraction of sp³-hybridized carbons (Fsp3) is 0.438. The van der Waals surface area contributed by atoms with Crippen molar-refractivity contribution in [3.8, 4) is 22.8 Å². The van der Waals surface area contributed by atoms with Gasteiger partial charge < -0.3 is 24.4 Å². The van der Waals surface area contributed by atoms with Crippen LogP contribution >= 0.6 is 0 Å². The highest BCUT2D eigenvalue weighted by molar-refractivity contribution is 5.97. The minimum Gasteiger partial charge on any atom is -0.496 e. The van der Waals surface area contributed by atoms with E-state index in [1.54, 1.807) is 20.3 Å². The molecule has 1 N–H and O–H groups in total. The number of likely N-dealkylation sites (N-methyl/N-ethyl adjacent to an activating group) is 1. The first-order valence-electron chi connectivity index (χ1n) is 14.2. The Morgan fingerprint density at radius 1 is 0.952 bits per heavy atom. The molecule has 2 aromatic carbocycles. The topological polar surface area (TPSA) is 112 Å². The molecule has 0 unspecified atom stereocenters. The Morgan fingerprint density at radius 2 is 1.60 bits per heavy atom. The molecular formula is C32H42N4O6. The van der Waals surface area contributed by atoms with Gasteiger partial charge in [0.1, 0.15) is 24.1 Å². The second kappa shape index (κ2) is 15.6. The lowest BCUT2D eigenvalue weighted by Crippen LogP contribution is -2.49. The number of nitrogens with one attached hydrogen (secondary N) is 1. The van der Waals surface area contributed by atoms with Crippen LogP contribution in [0.1, 0.15) is 49.2 Å². The first-order chi connectivity index (χ1) is 20.3. The lowest BCUT2D eigenvalue weighted by atomic mass is 10.0. The van der Waals surface area contributed by atoms with Gasteiger partial charge in [-0.15, -0.1) is 0 Å². The number of methoxy groups -OCH3 is 3. The van der Waals surface area contributed by atoms with Crippen LogP contribution in [0.5, 0.6) is 11.5 Å². The number of aryl methyl sites for hydroxylation is 1. The maximum absolute atomic E-state index is 13.7. The molecule has 0 aliphatic carbocycles. The van der Waals surface area contributed by atoms with Crippen LogP contribution in [-0.4, -0.2) is 73.4 Å². The number of benzene rings is 2. The van der Waals surface area contributed by atoms with Gasteiger partial charge in [-0.3, -0.25) is 19.1 Å². The minimum atomic E-state index is -0.888. The molecule has 0 aliphatic rings. The molecule has 0 spiro atoms. The molecule has 1 atom stereocenters. The standard InChI is InChI=1S/C32H42N4O6/c1-7-22(8-2)20-36-26(30-27(40-4)15-12-16-28(30)41-5)19-25(34-36)31(38)33-24(18-17-23-13-10-9-11-14-23)32(39)35(3)21-29(37)42-6/h9-16,19,22,24H,7-8,17-18,20-21H2,1-6H3,(H,33,38)/t24-/m0/s1. The summed E-state index contributed by atoms with van der Waals surface area (Å²) in [5, 5.41) is 7.59. The van der Waals surface area contributed by atoms with E-state index in [4.69, 9.17) is 19.3 Å². The third-order valence-corrected chi connectivity index (χ3v) is 7.42. The van der Waals surface area contributed by atoms with E-state index in [0.29, 0.717) is 48.1 Å². The summed E-state index contributed by atoms with van der Waals surface area (Å²) in [7, 11) is 5.95. The molecule has 0 radical (unpaired) electrons. The monoisotopic (exact) mass is 578 g/mol. The van der Waals surface area contributed by atoms with Crippen molar-refractivity contribution in [3.63, 3.8) is 0 Å². The Balaban J connectivity index is 1.98. The number of amides is 2. The van der Waals surface area contributed by atoms with Gasteiger partial charge in [0.2, 0.25) is 5.91 Å². The van der Waals surface area contributed by atoms with Crippen molar-refractivity contribution in [1.82, 2.24) is 20.0 Å². The number of rotatable bonds is 15. The number of nitrogens with zero attached hydrogens (tertiary/aromatic N) is 3. The zero-order valence-corrected chi connectivity index (χ0v) is 25.4. The molecule has 42 heavy (non-hydrogen) atoms. The van der Waals surface area contributed by atoms with E-state index in [0.717, 1.165) is 18.4 Å². The normalized spacial score (nSPS) is 11.6. The van der Waals surface area contributed by atoms with Crippen LogP contribution in [0.25, 0.3) is 11.3 Å². The molecule has 3 aromatic rings. The number of hydrogen-bond acceptors (Lipinski definition) is 7. The van der Waals surface area contributed by atoms with Crippen LogP contribution in [0.3, 0.4) is 0 Å². The molecule has 226 valence electrons. The molecular weight excluding hydrogens is 536 g/mol. The summed E-state index contributed by atoms with van der Waals surface area (Å²) in [6, 6.07) is 16.0. The van der Waals surface area contributed by atoms with E-state index in [1.165, 1.54) is 19.1 Å². The number of aromatic nitrogens is 2. The smallest absolute Gasteiger partial charge is 0.325 e. The molecule has 2 amide bonds. The fourth-order valence-corrected chi connectivity index (χ4v) is 4.81. The molecule has 3 rings (SSSR count). The van der Waals surface area contributed by atoms with Crippen molar-refractivity contribution in [2.75, 3.05) is 34.9 Å². The maximum Gasteiger partial charge on any atom is 0.325 e. The summed E-state index contributed by atoms with van der Waals surface area (Å²) in [5.74, 6) is 0.0840. The summed E-state index contributed by atoms with van der Waals surface area (Å²) < 4.78 is 17.8. The van der Waals surface area contributed by atoms with Crippen LogP contribution in [0, 0.1) is 5.92 Å². The minimum absolute atomic E-state index is 0.164. The van der Waals surface area contributed by atoms with E-state index < -0.39 is 23.8 Å². The Morgan fingerprint density at radius 3 is 2.17 bits per heavy atom. The number of hydrogen-bond donors (Lipinski definition) is 1. The maximum atomic E-state index is 13.7. The van der Waals surface area contributed by atoms with E-state index >= 15 is 0 Å². The summed E-state index contributed by atoms with van der Waals surface area (Å²) in [6.45, 7) is 4.62. The Hall–Kier alpha value is -4.34. The second-order valence-electron chi connectivity index (χ2n) is 10.1. The van der Waals surface area contributed by atoms with Crippen LogP contribution in [-0.2, 0) is 27.3 Å². The number of ether oxygens (including phenoxy) is 3. The summed E-state index contributed by atoms with van der Waals surface area (Å²) >= 11 is 0. The molecule has 10 heteroatoms. The van der Waals surface area contributed by atoms with Gasteiger partial charge in [0.15, 0.2) is 5.69 Å². The van der Waals surface area contributed by atoms with Crippen LogP contribution in [0.2, 0.25) is 0 Å². The van der Waals surface area contributed by atoms with Crippen molar-refractivity contribution in [3.05, 3.63) is 65.9 Å². The van der Waals surface area contributed by atoms with Crippen molar-refractivity contribution >= 4 is 17.8 Å². The summed E-state index contributed by atoms with van der Waals surface area (Å²) in [5.41, 5.74) is 2.56. The van der Waals surface area contributed by atoms with Gasteiger partial charge in [-0.25, -0.2) is 0 Å². The molecule has 0 fully saturated rings. The predicted molar refractivity (Wildman–Crippen MR) is 161 cm³/mol. The van der Waals surface area contributed by atoms with Crippen molar-refractivity contribution < 1.29 is 28.6 Å². The first kappa shape index (κ1) is 32.2. The Kier molecular flexibility index (Phi) is 12.0. The zero-order chi connectivity index (χ0) is 30.6. The third-order valence-electron chi connectivity index (χ3n) is 7.42. The van der Waals surface area contributed by atoms with Crippen molar-refractivity contribution in [1.29, 1.82) is 0 Å². The second-order valence-corrected chi connectivity index (χ2v) is 10.1. The highest BCUT2D eigenvalue weighted by Gasteiger charge is 2.28. The quantitative estimate of drug-likeness (QED) is 0.267. The van der Waals surface area contributed by atoms with Gasteiger partial charge in [0, 0.05) is 13.6 Å². The van der Waals surface area contributed by atoms with Crippen LogP contribution < -0.4 is 14.8 Å². The lowest BCUT2D eigenvalue weighted by Gasteiger charge is -2.23. The molecule has 1 aromatic heterocycles. The molecule has 0 bridgehead atoms.